The van der Waals surface area contributed by atoms with E-state index in [0.29, 0.717) is 10.6 Å². The van der Waals surface area contributed by atoms with E-state index in [1.165, 1.54) is 44.5 Å². The van der Waals surface area contributed by atoms with Gasteiger partial charge in [0.05, 0.1) is 11.4 Å². The van der Waals surface area contributed by atoms with Crippen molar-refractivity contribution in [1.82, 2.24) is 19.8 Å². The maximum Gasteiger partial charge on any atom is 0.264 e. The van der Waals surface area contributed by atoms with Crippen LogP contribution in [0.25, 0.3) is 10.6 Å². The third kappa shape index (κ3) is 5.74. The summed E-state index contributed by atoms with van der Waals surface area (Å²) in [6, 6.07) is 6.12. The van der Waals surface area contributed by atoms with Crippen LogP contribution in [0.2, 0.25) is 0 Å². The number of nitrogens with one attached hydrogen (secondary N) is 2. The summed E-state index contributed by atoms with van der Waals surface area (Å²) < 4.78 is 26.9. The van der Waals surface area contributed by atoms with Crippen LogP contribution in [0, 0.1) is 0 Å². The molecule has 29 heavy (non-hydrogen) atoms. The lowest BCUT2D eigenvalue weighted by atomic mass is 9.97. The minimum Gasteiger partial charge on any atom is -0.352 e. The second-order valence-electron chi connectivity index (χ2n) is 7.30. The predicted molar refractivity (Wildman–Crippen MR) is 112 cm³/mol. The molecule has 2 heterocycles. The number of carbonyl (C=O) groups excluding carboxylic acids is 1. The molecule has 2 aromatic rings. The Hall–Kier alpha value is -2.04. The molecule has 3 rings (SSSR count). The second-order valence-corrected chi connectivity index (χ2v) is 10.7. The SMILES string of the molecule is CN(CC(=O)NC1CCCCCCC1)S(=O)(=O)c1ccc(-c2ccc(=O)[nH]n2)s1. The van der Waals surface area contributed by atoms with E-state index < -0.39 is 10.0 Å². The summed E-state index contributed by atoms with van der Waals surface area (Å²) in [5, 5.41) is 9.24. The van der Waals surface area contributed by atoms with Gasteiger partial charge in [0.15, 0.2) is 0 Å². The highest BCUT2D eigenvalue weighted by molar-refractivity contribution is 7.91. The smallest absolute Gasteiger partial charge is 0.264 e. The van der Waals surface area contributed by atoms with Gasteiger partial charge in [-0.1, -0.05) is 32.1 Å². The highest BCUT2D eigenvalue weighted by atomic mass is 32.2. The molecule has 1 aliphatic rings. The second kappa shape index (κ2) is 9.64. The number of rotatable bonds is 6. The third-order valence-electron chi connectivity index (χ3n) is 5.01. The number of H-pyrrole nitrogens is 1. The Morgan fingerprint density at radius 1 is 1.17 bits per heavy atom. The van der Waals surface area contributed by atoms with Crippen molar-refractivity contribution in [3.8, 4) is 10.6 Å². The van der Waals surface area contributed by atoms with Crippen molar-refractivity contribution in [2.45, 2.75) is 55.2 Å². The van der Waals surface area contributed by atoms with E-state index in [0.717, 1.165) is 41.3 Å². The van der Waals surface area contributed by atoms with Crippen molar-refractivity contribution < 1.29 is 13.2 Å². The molecular weight excluding hydrogens is 412 g/mol. The molecule has 0 aliphatic heterocycles. The first kappa shape index (κ1) is 21.7. The summed E-state index contributed by atoms with van der Waals surface area (Å²) in [6.45, 7) is -0.219. The molecule has 0 saturated heterocycles. The highest BCUT2D eigenvalue weighted by Gasteiger charge is 2.26. The van der Waals surface area contributed by atoms with Crippen LogP contribution >= 0.6 is 11.3 Å². The summed E-state index contributed by atoms with van der Waals surface area (Å²) in [7, 11) is -2.38. The van der Waals surface area contributed by atoms with E-state index in [4.69, 9.17) is 0 Å². The van der Waals surface area contributed by atoms with E-state index >= 15 is 0 Å². The van der Waals surface area contributed by atoms with Crippen LogP contribution in [0.5, 0.6) is 0 Å². The minimum absolute atomic E-state index is 0.124. The summed E-state index contributed by atoms with van der Waals surface area (Å²) >= 11 is 1.05. The normalized spacial score (nSPS) is 16.3. The van der Waals surface area contributed by atoms with Crippen LogP contribution in [0.3, 0.4) is 0 Å². The van der Waals surface area contributed by atoms with Gasteiger partial charge < -0.3 is 5.32 Å². The van der Waals surface area contributed by atoms with Gasteiger partial charge in [0.25, 0.3) is 15.6 Å². The van der Waals surface area contributed by atoms with Crippen LogP contribution in [0.4, 0.5) is 0 Å². The van der Waals surface area contributed by atoms with Crippen LogP contribution in [-0.4, -0.2) is 48.5 Å². The molecule has 2 aromatic heterocycles. The number of hydrogen-bond donors (Lipinski definition) is 2. The number of aromatic amines is 1. The van der Waals surface area contributed by atoms with Gasteiger partial charge in [-0.05, 0) is 31.0 Å². The molecule has 158 valence electrons. The Bertz CT molecular complexity index is 971. The molecule has 1 aliphatic carbocycles. The lowest BCUT2D eigenvalue weighted by molar-refractivity contribution is -0.121. The van der Waals surface area contributed by atoms with Crippen LogP contribution in [0.15, 0.2) is 33.3 Å². The van der Waals surface area contributed by atoms with Crippen LogP contribution in [0.1, 0.15) is 44.9 Å². The van der Waals surface area contributed by atoms with Gasteiger partial charge in [-0.25, -0.2) is 13.5 Å². The van der Waals surface area contributed by atoms with Crippen molar-refractivity contribution in [3.63, 3.8) is 0 Å². The molecule has 0 bridgehead atoms. The van der Waals surface area contributed by atoms with Crippen LogP contribution < -0.4 is 10.9 Å². The van der Waals surface area contributed by atoms with Gasteiger partial charge in [0.2, 0.25) is 5.91 Å². The number of aromatic nitrogens is 2. The predicted octanol–water partition coefficient (Wildman–Crippen LogP) is 2.35. The maximum absolute atomic E-state index is 12.8. The average Bonchev–Trinajstić information content (AvgIpc) is 3.15. The lowest BCUT2D eigenvalue weighted by Crippen LogP contribution is -2.42. The first-order chi connectivity index (χ1) is 13.9. The Labute approximate surface area is 174 Å². The Morgan fingerprint density at radius 2 is 1.86 bits per heavy atom. The molecule has 8 nitrogen and oxygen atoms in total. The summed E-state index contributed by atoms with van der Waals surface area (Å²) in [5.74, 6) is -0.277. The topological polar surface area (TPSA) is 112 Å². The number of sulfonamides is 1. The zero-order valence-electron chi connectivity index (χ0n) is 16.4. The van der Waals surface area contributed by atoms with Gasteiger partial charge in [-0.2, -0.15) is 9.40 Å². The number of hydrogen-bond acceptors (Lipinski definition) is 6. The first-order valence-corrected chi connectivity index (χ1v) is 12.0. The van der Waals surface area contributed by atoms with E-state index in [1.54, 1.807) is 6.07 Å². The van der Waals surface area contributed by atoms with E-state index in [1.807, 2.05) is 0 Å². The molecule has 0 aromatic carbocycles. The zero-order valence-corrected chi connectivity index (χ0v) is 18.0. The van der Waals surface area contributed by atoms with Crippen molar-refractivity contribution in [2.24, 2.45) is 0 Å². The Balaban J connectivity index is 1.63. The van der Waals surface area contributed by atoms with Gasteiger partial charge in [0, 0.05) is 19.2 Å². The molecule has 0 spiro atoms. The van der Waals surface area contributed by atoms with E-state index in [-0.39, 0.29) is 28.3 Å². The standard InChI is InChI=1S/C19H26N4O4S2/c1-23(13-18(25)20-14-7-5-3-2-4-6-8-14)29(26,27)19-12-10-16(28-19)15-9-11-17(24)22-21-15/h9-12,14H,2-8,13H2,1H3,(H,20,25)(H,22,24). The molecule has 0 atom stereocenters. The molecule has 1 amide bonds. The fraction of sp³-hybridized carbons (Fsp3) is 0.526. The van der Waals surface area contributed by atoms with Crippen molar-refractivity contribution in [2.75, 3.05) is 13.6 Å². The third-order valence-corrected chi connectivity index (χ3v) is 8.39. The highest BCUT2D eigenvalue weighted by Crippen LogP contribution is 2.30. The van der Waals surface area contributed by atoms with Gasteiger partial charge >= 0.3 is 0 Å². The molecule has 0 radical (unpaired) electrons. The zero-order chi connectivity index (χ0) is 20.9. The number of carbonyl (C=O) groups is 1. The van der Waals surface area contributed by atoms with Gasteiger partial charge in [-0.15, -0.1) is 11.3 Å². The minimum atomic E-state index is -3.79. The summed E-state index contributed by atoms with van der Waals surface area (Å²) in [5.41, 5.74) is 0.161. The first-order valence-electron chi connectivity index (χ1n) is 9.78. The fourth-order valence-corrected chi connectivity index (χ4v) is 6.01. The van der Waals surface area contributed by atoms with E-state index in [2.05, 4.69) is 15.5 Å². The van der Waals surface area contributed by atoms with Crippen molar-refractivity contribution in [1.29, 1.82) is 0 Å². The number of thiophene rings is 1. The summed E-state index contributed by atoms with van der Waals surface area (Å²) in [6.07, 6.45) is 7.70. The monoisotopic (exact) mass is 438 g/mol. The summed E-state index contributed by atoms with van der Waals surface area (Å²) in [4.78, 5) is 24.1. The van der Waals surface area contributed by atoms with Gasteiger partial charge in [-0.3, -0.25) is 9.59 Å². The van der Waals surface area contributed by atoms with Gasteiger partial charge in [0.1, 0.15) is 9.90 Å². The Morgan fingerprint density at radius 3 is 2.52 bits per heavy atom. The lowest BCUT2D eigenvalue weighted by Gasteiger charge is -2.22. The number of nitrogens with zero attached hydrogens (tertiary/aromatic N) is 2. The molecule has 10 heteroatoms. The Kier molecular flexibility index (Phi) is 7.20. The quantitative estimate of drug-likeness (QED) is 0.719. The maximum atomic E-state index is 12.8. The molecule has 2 N–H and O–H groups in total. The average molecular weight is 439 g/mol. The van der Waals surface area contributed by atoms with Crippen molar-refractivity contribution in [3.05, 3.63) is 34.6 Å². The largest absolute Gasteiger partial charge is 0.352 e. The number of amides is 1. The van der Waals surface area contributed by atoms with Crippen LogP contribution in [-0.2, 0) is 14.8 Å². The molecule has 1 saturated carbocycles. The van der Waals surface area contributed by atoms with E-state index in [9.17, 15) is 18.0 Å². The fourth-order valence-electron chi connectivity index (χ4n) is 3.39. The van der Waals surface area contributed by atoms with Crippen molar-refractivity contribution >= 4 is 27.3 Å². The molecule has 0 unspecified atom stereocenters. The number of likely N-dealkylation sites (N-methyl/N-ethyl adjacent to an activating group) is 1. The molecule has 1 fully saturated rings. The molecular formula is C19H26N4O4S2.